The molecule has 0 saturated carbocycles. The number of nitrogens with one attached hydrogen (secondary N) is 1. The van der Waals surface area contributed by atoms with Crippen LogP contribution in [0.4, 0.5) is 5.82 Å². The highest BCUT2D eigenvalue weighted by atomic mass is 14.9. The van der Waals surface area contributed by atoms with Gasteiger partial charge in [-0.3, -0.25) is 0 Å². The molecule has 0 saturated heterocycles. The number of hydrogen-bond donors (Lipinski definition) is 2. The maximum Gasteiger partial charge on any atom is 0.128 e. The molecule has 0 bridgehead atoms. The number of unbranched alkanes of at least 4 members (excludes halogenated alkanes) is 1. The largest absolute Gasteiger partial charge is 0.383 e. The Morgan fingerprint density at radius 1 is 1.35 bits per heavy atom. The summed E-state index contributed by atoms with van der Waals surface area (Å²) in [6.45, 7) is 7.54. The van der Waals surface area contributed by atoms with Crippen LogP contribution in [0.5, 0.6) is 0 Å². The molecule has 3 nitrogen and oxygen atoms in total. The van der Waals surface area contributed by atoms with Crippen molar-refractivity contribution in [3.63, 3.8) is 0 Å². The molecule has 0 aromatic carbocycles. The van der Waals surface area contributed by atoms with Gasteiger partial charge in [-0.1, -0.05) is 26.7 Å². The summed E-state index contributed by atoms with van der Waals surface area (Å²) >= 11 is 0. The Kier molecular flexibility index (Phi) is 5.98. The lowest BCUT2D eigenvalue weighted by Gasteiger charge is -2.21. The van der Waals surface area contributed by atoms with Crippen molar-refractivity contribution in [2.75, 3.05) is 12.3 Å². The summed E-state index contributed by atoms with van der Waals surface area (Å²) in [5.74, 6) is 0.676. The zero-order valence-electron chi connectivity index (χ0n) is 11.3. The Morgan fingerprint density at radius 3 is 2.71 bits per heavy atom. The highest BCUT2D eigenvalue weighted by molar-refractivity contribution is 5.46. The van der Waals surface area contributed by atoms with E-state index >= 15 is 0 Å². The normalized spacial score (nSPS) is 12.6. The lowest BCUT2D eigenvalue weighted by atomic mass is 9.97. The molecule has 17 heavy (non-hydrogen) atoms. The monoisotopic (exact) mass is 235 g/mol. The van der Waals surface area contributed by atoms with E-state index in [1.165, 1.54) is 24.0 Å². The van der Waals surface area contributed by atoms with Crippen molar-refractivity contribution in [1.29, 1.82) is 0 Å². The Morgan fingerprint density at radius 2 is 2.12 bits per heavy atom. The third kappa shape index (κ3) is 4.00. The molecule has 1 atom stereocenters. The van der Waals surface area contributed by atoms with Gasteiger partial charge in [0.15, 0.2) is 0 Å². The van der Waals surface area contributed by atoms with Crippen molar-refractivity contribution in [3.05, 3.63) is 23.4 Å². The molecule has 1 aromatic heterocycles. The first kappa shape index (κ1) is 14.0. The van der Waals surface area contributed by atoms with Gasteiger partial charge in [-0.15, -0.1) is 0 Å². The van der Waals surface area contributed by atoms with Gasteiger partial charge >= 0.3 is 0 Å². The highest BCUT2D eigenvalue weighted by Gasteiger charge is 2.16. The van der Waals surface area contributed by atoms with Crippen LogP contribution in [0.15, 0.2) is 12.3 Å². The Bertz CT molecular complexity index is 308. The van der Waals surface area contributed by atoms with E-state index in [1.807, 2.05) is 6.07 Å². The predicted molar refractivity (Wildman–Crippen MR) is 73.9 cm³/mol. The number of nitrogens with two attached hydrogens (primary N) is 1. The van der Waals surface area contributed by atoms with E-state index in [0.29, 0.717) is 11.9 Å². The van der Waals surface area contributed by atoms with E-state index in [2.05, 4.69) is 31.1 Å². The fraction of sp³-hybridized carbons (Fsp3) is 0.643. The molecule has 0 aliphatic heterocycles. The fourth-order valence-corrected chi connectivity index (χ4v) is 2.12. The number of rotatable bonds is 7. The van der Waals surface area contributed by atoms with Gasteiger partial charge in [0.25, 0.3) is 0 Å². The second-order valence-electron chi connectivity index (χ2n) is 4.58. The molecule has 0 fully saturated rings. The molecule has 3 N–H and O–H groups in total. The third-order valence-corrected chi connectivity index (χ3v) is 3.07. The van der Waals surface area contributed by atoms with Gasteiger partial charge in [-0.25, -0.2) is 4.98 Å². The average Bonchev–Trinajstić information content (AvgIpc) is 2.31. The van der Waals surface area contributed by atoms with Gasteiger partial charge in [0.2, 0.25) is 0 Å². The van der Waals surface area contributed by atoms with Crippen molar-refractivity contribution >= 4 is 5.82 Å². The molecule has 0 aliphatic rings. The number of hydrogen-bond acceptors (Lipinski definition) is 3. The first-order chi connectivity index (χ1) is 8.20. The van der Waals surface area contributed by atoms with Crippen molar-refractivity contribution in [2.45, 2.75) is 52.5 Å². The smallest absolute Gasteiger partial charge is 0.128 e. The van der Waals surface area contributed by atoms with E-state index in [4.69, 9.17) is 5.73 Å². The number of pyridine rings is 1. The van der Waals surface area contributed by atoms with Gasteiger partial charge < -0.3 is 11.1 Å². The van der Waals surface area contributed by atoms with Crippen molar-refractivity contribution in [3.8, 4) is 0 Å². The van der Waals surface area contributed by atoms with Gasteiger partial charge in [0.05, 0.1) is 0 Å². The molecule has 3 heteroatoms. The third-order valence-electron chi connectivity index (χ3n) is 3.07. The van der Waals surface area contributed by atoms with E-state index in [9.17, 15) is 0 Å². The molecular formula is C14H25N3. The Hall–Kier alpha value is -1.09. The maximum atomic E-state index is 6.01. The molecule has 1 rings (SSSR count). The van der Waals surface area contributed by atoms with E-state index < -0.39 is 0 Å². The van der Waals surface area contributed by atoms with Crippen LogP contribution in [0.25, 0.3) is 0 Å². The molecule has 1 aromatic rings. The molecule has 0 amide bonds. The first-order valence-corrected chi connectivity index (χ1v) is 6.65. The van der Waals surface area contributed by atoms with Crippen molar-refractivity contribution in [1.82, 2.24) is 10.3 Å². The molecule has 0 radical (unpaired) electrons. The van der Waals surface area contributed by atoms with E-state index in [0.717, 1.165) is 19.4 Å². The second-order valence-corrected chi connectivity index (χ2v) is 4.58. The average molecular weight is 235 g/mol. The lowest BCUT2D eigenvalue weighted by molar-refractivity contribution is 0.480. The van der Waals surface area contributed by atoms with Gasteiger partial charge in [0, 0.05) is 17.8 Å². The quantitative estimate of drug-likeness (QED) is 0.763. The van der Waals surface area contributed by atoms with Crippen LogP contribution in [0, 0.1) is 6.92 Å². The molecule has 1 heterocycles. The molecule has 1 unspecified atom stereocenters. The minimum absolute atomic E-state index is 0.351. The summed E-state index contributed by atoms with van der Waals surface area (Å²) in [6.07, 6.45) is 6.48. The van der Waals surface area contributed by atoms with Crippen LogP contribution in [0.2, 0.25) is 0 Å². The zero-order valence-corrected chi connectivity index (χ0v) is 11.3. The van der Waals surface area contributed by atoms with Gasteiger partial charge in [-0.05, 0) is 37.9 Å². The summed E-state index contributed by atoms with van der Waals surface area (Å²) < 4.78 is 0. The Balaban J connectivity index is 2.86. The topological polar surface area (TPSA) is 50.9 Å². The van der Waals surface area contributed by atoms with Crippen LogP contribution < -0.4 is 11.1 Å². The maximum absolute atomic E-state index is 6.01. The van der Waals surface area contributed by atoms with Crippen LogP contribution >= 0.6 is 0 Å². The van der Waals surface area contributed by atoms with Crippen molar-refractivity contribution < 1.29 is 0 Å². The summed E-state index contributed by atoms with van der Waals surface area (Å²) in [7, 11) is 0. The standard InChI is InChI=1S/C14H25N3/c1-4-6-7-12(16-9-5-2)13-11(3)8-10-17-14(13)15/h8,10,12,16H,4-7,9H2,1-3H3,(H2,15,17). The predicted octanol–water partition coefficient (Wildman–Crippen LogP) is 3.20. The number of aryl methyl sites for hydroxylation is 1. The van der Waals surface area contributed by atoms with Crippen LogP contribution in [0.1, 0.15) is 56.7 Å². The number of nitrogen functional groups attached to an aromatic ring is 1. The summed E-state index contributed by atoms with van der Waals surface area (Å²) in [5, 5.41) is 3.58. The van der Waals surface area contributed by atoms with Crippen LogP contribution in [0.3, 0.4) is 0 Å². The van der Waals surface area contributed by atoms with Crippen molar-refractivity contribution in [2.24, 2.45) is 0 Å². The van der Waals surface area contributed by atoms with Crippen LogP contribution in [-0.2, 0) is 0 Å². The highest BCUT2D eigenvalue weighted by Crippen LogP contribution is 2.26. The van der Waals surface area contributed by atoms with Crippen LogP contribution in [-0.4, -0.2) is 11.5 Å². The fourth-order valence-electron chi connectivity index (χ4n) is 2.12. The minimum atomic E-state index is 0.351. The van der Waals surface area contributed by atoms with E-state index in [-0.39, 0.29) is 0 Å². The number of anilines is 1. The second kappa shape index (κ2) is 7.28. The first-order valence-electron chi connectivity index (χ1n) is 6.65. The molecular weight excluding hydrogens is 210 g/mol. The van der Waals surface area contributed by atoms with Gasteiger partial charge in [-0.2, -0.15) is 0 Å². The summed E-state index contributed by atoms with van der Waals surface area (Å²) in [5.41, 5.74) is 8.44. The zero-order chi connectivity index (χ0) is 12.7. The van der Waals surface area contributed by atoms with E-state index in [1.54, 1.807) is 6.20 Å². The lowest BCUT2D eigenvalue weighted by Crippen LogP contribution is -2.24. The SMILES string of the molecule is CCCCC(NCCC)c1c(C)ccnc1N. The number of nitrogens with zero attached hydrogens (tertiary/aromatic N) is 1. The summed E-state index contributed by atoms with van der Waals surface area (Å²) in [4.78, 5) is 4.21. The van der Waals surface area contributed by atoms with Gasteiger partial charge in [0.1, 0.15) is 5.82 Å². The molecule has 0 aliphatic carbocycles. The Labute approximate surface area is 105 Å². The number of aromatic nitrogens is 1. The molecule has 96 valence electrons. The summed E-state index contributed by atoms with van der Waals surface area (Å²) in [6, 6.07) is 2.39. The minimum Gasteiger partial charge on any atom is -0.383 e. The molecule has 0 spiro atoms.